The first-order valence-corrected chi connectivity index (χ1v) is 10.5. The van der Waals surface area contributed by atoms with Gasteiger partial charge in [-0.2, -0.15) is 0 Å². The number of hydrogen-bond donors (Lipinski definition) is 0. The molecular formula is C19H22N2O4S. The highest BCUT2D eigenvalue weighted by molar-refractivity contribution is 7.90. The van der Waals surface area contributed by atoms with Gasteiger partial charge < -0.3 is 4.90 Å². The topological polar surface area (TPSA) is 80.5 Å². The van der Waals surface area contributed by atoms with Crippen LogP contribution in [0, 0.1) is 10.1 Å². The van der Waals surface area contributed by atoms with Crippen LogP contribution in [0.15, 0.2) is 53.4 Å². The lowest BCUT2D eigenvalue weighted by molar-refractivity contribution is -0.387. The van der Waals surface area contributed by atoms with E-state index in [-0.39, 0.29) is 10.6 Å². The predicted octanol–water partition coefficient (Wildman–Crippen LogP) is 3.77. The lowest BCUT2D eigenvalue weighted by atomic mass is 9.92. The van der Waals surface area contributed by atoms with Crippen LogP contribution in [0.5, 0.6) is 0 Å². The Kier molecular flexibility index (Phi) is 5.27. The Balaban J connectivity index is 1.91. The fraction of sp³-hybridized carbons (Fsp3) is 0.368. The van der Waals surface area contributed by atoms with Crippen molar-refractivity contribution in [1.29, 1.82) is 0 Å². The van der Waals surface area contributed by atoms with Gasteiger partial charge in [0.15, 0.2) is 9.84 Å². The smallest absolute Gasteiger partial charge is 0.311 e. The minimum absolute atomic E-state index is 0.219. The van der Waals surface area contributed by atoms with Crippen molar-refractivity contribution >= 4 is 21.2 Å². The Morgan fingerprint density at radius 2 is 1.77 bits per heavy atom. The summed E-state index contributed by atoms with van der Waals surface area (Å²) in [5.74, 6) is 0.415. The Bertz CT molecular complexity index is 897. The summed E-state index contributed by atoms with van der Waals surface area (Å²) in [6.07, 6.45) is 3.80. The summed E-state index contributed by atoms with van der Waals surface area (Å²) >= 11 is 0. The molecule has 0 aliphatic carbocycles. The number of nitro groups is 1. The van der Waals surface area contributed by atoms with Crippen LogP contribution < -0.4 is 4.90 Å². The number of nitro benzene ring substituents is 1. The van der Waals surface area contributed by atoms with E-state index < -0.39 is 14.8 Å². The summed E-state index contributed by atoms with van der Waals surface area (Å²) < 4.78 is 24.0. The van der Waals surface area contributed by atoms with E-state index in [4.69, 9.17) is 0 Å². The van der Waals surface area contributed by atoms with Crippen LogP contribution in [0.3, 0.4) is 0 Å². The maximum absolute atomic E-state index is 12.0. The second-order valence-electron chi connectivity index (χ2n) is 6.68. The molecule has 7 heteroatoms. The van der Waals surface area contributed by atoms with Gasteiger partial charge >= 0.3 is 5.69 Å². The fourth-order valence-corrected chi connectivity index (χ4v) is 4.50. The second kappa shape index (κ2) is 7.45. The average molecular weight is 374 g/mol. The minimum Gasteiger partial charge on any atom is -0.366 e. The summed E-state index contributed by atoms with van der Waals surface area (Å²) in [7, 11) is -3.67. The Hall–Kier alpha value is -2.41. The van der Waals surface area contributed by atoms with Gasteiger partial charge in [0, 0.05) is 19.3 Å². The van der Waals surface area contributed by atoms with Crippen LogP contribution in [-0.2, 0) is 9.84 Å². The molecule has 1 aliphatic heterocycles. The molecule has 6 nitrogen and oxygen atoms in total. The summed E-state index contributed by atoms with van der Waals surface area (Å²) in [5.41, 5.74) is 1.37. The van der Waals surface area contributed by atoms with E-state index in [1.807, 2.05) is 23.1 Å². The maximum atomic E-state index is 12.0. The third-order valence-electron chi connectivity index (χ3n) is 4.90. The molecule has 1 unspecified atom stereocenters. The maximum Gasteiger partial charge on any atom is 0.311 e. The molecule has 0 N–H and O–H groups in total. The molecule has 1 saturated heterocycles. The van der Waals surface area contributed by atoms with Crippen LogP contribution in [-0.4, -0.2) is 32.7 Å². The summed E-state index contributed by atoms with van der Waals surface area (Å²) in [4.78, 5) is 12.8. The van der Waals surface area contributed by atoms with Crippen molar-refractivity contribution in [2.24, 2.45) is 0 Å². The van der Waals surface area contributed by atoms with Crippen LogP contribution in [0.2, 0.25) is 0 Å². The van der Waals surface area contributed by atoms with Gasteiger partial charge in [0.25, 0.3) is 0 Å². The van der Waals surface area contributed by atoms with E-state index in [2.05, 4.69) is 12.1 Å². The van der Waals surface area contributed by atoms with E-state index in [9.17, 15) is 18.5 Å². The average Bonchev–Trinajstić information content (AvgIpc) is 2.87. The van der Waals surface area contributed by atoms with Gasteiger partial charge in [-0.05, 0) is 42.9 Å². The molecule has 26 heavy (non-hydrogen) atoms. The van der Waals surface area contributed by atoms with Crippen molar-refractivity contribution in [2.45, 2.75) is 30.1 Å². The van der Waals surface area contributed by atoms with E-state index in [0.717, 1.165) is 25.5 Å². The van der Waals surface area contributed by atoms with Gasteiger partial charge in [-0.25, -0.2) is 8.42 Å². The first-order chi connectivity index (χ1) is 12.4. The fourth-order valence-electron chi connectivity index (χ4n) is 3.64. The van der Waals surface area contributed by atoms with Gasteiger partial charge in [-0.15, -0.1) is 0 Å². The number of anilines is 1. The van der Waals surface area contributed by atoms with Crippen LogP contribution in [0.1, 0.15) is 30.7 Å². The van der Waals surface area contributed by atoms with E-state index >= 15 is 0 Å². The lowest BCUT2D eigenvalue weighted by Crippen LogP contribution is -2.25. The second-order valence-corrected chi connectivity index (χ2v) is 8.66. The number of benzene rings is 2. The molecule has 2 aromatic rings. The van der Waals surface area contributed by atoms with E-state index in [1.54, 1.807) is 12.1 Å². The van der Waals surface area contributed by atoms with E-state index in [1.165, 1.54) is 11.6 Å². The molecule has 1 aliphatic rings. The summed E-state index contributed by atoms with van der Waals surface area (Å²) in [6.45, 7) is 1.34. The number of nitrogens with zero attached hydrogens (tertiary/aromatic N) is 2. The molecule has 138 valence electrons. The van der Waals surface area contributed by atoms with Gasteiger partial charge in [-0.3, -0.25) is 10.1 Å². The molecule has 1 heterocycles. The first kappa shape index (κ1) is 18.4. The Morgan fingerprint density at radius 3 is 2.42 bits per heavy atom. The largest absolute Gasteiger partial charge is 0.366 e. The highest BCUT2D eigenvalue weighted by Crippen LogP contribution is 2.37. The highest BCUT2D eigenvalue weighted by Gasteiger charge is 2.30. The van der Waals surface area contributed by atoms with Crippen molar-refractivity contribution in [3.63, 3.8) is 0 Å². The third kappa shape index (κ3) is 3.88. The highest BCUT2D eigenvalue weighted by atomic mass is 32.2. The zero-order valence-electron chi connectivity index (χ0n) is 14.7. The number of hydrogen-bond acceptors (Lipinski definition) is 5. The molecular weight excluding hydrogens is 352 g/mol. The molecule has 3 rings (SSSR count). The standard InChI is InChI=1S/C19H22N2O4S/c1-26(24,25)18-11-5-10-17(19(18)21(22)23)20-13-6-9-16(12-14-20)15-7-3-2-4-8-15/h2-5,7-8,10-11,16H,6,9,12-14H2,1H3. The molecule has 1 atom stereocenters. The lowest BCUT2D eigenvalue weighted by Gasteiger charge is -2.23. The summed E-state index contributed by atoms with van der Waals surface area (Å²) in [6, 6.07) is 14.8. The summed E-state index contributed by atoms with van der Waals surface area (Å²) in [5, 5.41) is 11.6. The molecule has 2 aromatic carbocycles. The molecule has 0 bridgehead atoms. The molecule has 1 fully saturated rings. The zero-order chi connectivity index (χ0) is 18.7. The normalized spacial score (nSPS) is 18.3. The predicted molar refractivity (Wildman–Crippen MR) is 101 cm³/mol. The van der Waals surface area contributed by atoms with Crippen LogP contribution >= 0.6 is 0 Å². The van der Waals surface area contributed by atoms with Crippen molar-refractivity contribution < 1.29 is 13.3 Å². The van der Waals surface area contributed by atoms with Gasteiger partial charge in [0.05, 0.1) is 4.92 Å². The van der Waals surface area contributed by atoms with Crippen molar-refractivity contribution in [2.75, 3.05) is 24.2 Å². The van der Waals surface area contributed by atoms with Crippen molar-refractivity contribution in [1.82, 2.24) is 0 Å². The quantitative estimate of drug-likeness (QED) is 0.601. The Morgan fingerprint density at radius 1 is 1.04 bits per heavy atom. The molecule has 0 aromatic heterocycles. The molecule has 0 spiro atoms. The number of para-hydroxylation sites is 1. The van der Waals surface area contributed by atoms with Crippen LogP contribution in [0.25, 0.3) is 0 Å². The number of sulfone groups is 1. The number of rotatable bonds is 4. The first-order valence-electron chi connectivity index (χ1n) is 8.65. The molecule has 0 saturated carbocycles. The zero-order valence-corrected chi connectivity index (χ0v) is 15.5. The van der Waals surface area contributed by atoms with Crippen molar-refractivity contribution in [3.8, 4) is 0 Å². The minimum atomic E-state index is -3.67. The van der Waals surface area contributed by atoms with E-state index in [0.29, 0.717) is 24.7 Å². The van der Waals surface area contributed by atoms with Crippen LogP contribution in [0.4, 0.5) is 11.4 Å². The SMILES string of the molecule is CS(=O)(=O)c1cccc(N2CCCC(c3ccccc3)CC2)c1[N+](=O)[O-]. The molecule has 0 amide bonds. The van der Waals surface area contributed by atoms with Gasteiger partial charge in [-0.1, -0.05) is 36.4 Å². The van der Waals surface area contributed by atoms with Gasteiger partial charge in [0.2, 0.25) is 0 Å². The van der Waals surface area contributed by atoms with Crippen molar-refractivity contribution in [3.05, 3.63) is 64.2 Å². The third-order valence-corrected chi connectivity index (χ3v) is 6.03. The van der Waals surface area contributed by atoms with Gasteiger partial charge in [0.1, 0.15) is 10.6 Å². The molecule has 0 radical (unpaired) electrons. The Labute approximate surface area is 153 Å². The monoisotopic (exact) mass is 374 g/mol.